The summed E-state index contributed by atoms with van der Waals surface area (Å²) in [5, 5.41) is 0. The van der Waals surface area contributed by atoms with Crippen LogP contribution in [0.4, 0.5) is 0 Å². The topological polar surface area (TPSA) is 26.0 Å². The molecule has 0 amide bonds. The lowest BCUT2D eigenvalue weighted by molar-refractivity contribution is -0.0817. The van der Waals surface area contributed by atoms with Crippen molar-refractivity contribution in [2.45, 2.75) is 63.8 Å². The van der Waals surface area contributed by atoms with Crippen LogP contribution >= 0.6 is 0 Å². The van der Waals surface area contributed by atoms with Crippen molar-refractivity contribution in [2.24, 2.45) is 41.2 Å². The molecule has 0 aromatic carbocycles. The molecule has 5 fully saturated rings. The lowest BCUT2D eigenvalue weighted by Crippen LogP contribution is -2.59. The van der Waals surface area contributed by atoms with Gasteiger partial charge in [0.25, 0.3) is 0 Å². The largest absolute Gasteiger partial charge is 0.325 e. The Morgan fingerprint density at radius 2 is 1.47 bits per heavy atom. The summed E-state index contributed by atoms with van der Waals surface area (Å²) < 4.78 is 0. The summed E-state index contributed by atoms with van der Waals surface area (Å²) in [4.78, 5) is 0. The molecule has 1 unspecified atom stereocenters. The maximum atomic E-state index is 6.63. The average Bonchev–Trinajstić information content (AvgIpc) is 2.24. The zero-order valence-corrected chi connectivity index (χ0v) is 11.2. The maximum absolute atomic E-state index is 6.63. The van der Waals surface area contributed by atoms with Crippen molar-refractivity contribution in [3.05, 3.63) is 0 Å². The summed E-state index contributed by atoms with van der Waals surface area (Å²) >= 11 is 0. The predicted octanol–water partition coefficient (Wildman–Crippen LogP) is 3.58. The monoisotopic (exact) mass is 233 g/mol. The minimum atomic E-state index is 0.236. The van der Waals surface area contributed by atoms with Gasteiger partial charge in [0.2, 0.25) is 0 Å². The third-order valence-corrected chi connectivity index (χ3v) is 7.07. The molecule has 0 radical (unpaired) electrons. The van der Waals surface area contributed by atoms with Crippen LogP contribution in [0.25, 0.3) is 0 Å². The molecule has 1 nitrogen and oxygen atoms in total. The van der Waals surface area contributed by atoms with Crippen molar-refractivity contribution in [3.63, 3.8) is 0 Å². The van der Waals surface area contributed by atoms with E-state index in [0.717, 1.165) is 35.5 Å². The fourth-order valence-corrected chi connectivity index (χ4v) is 6.21. The molecule has 96 valence electrons. The molecule has 5 aliphatic rings. The number of hydrogen-bond acceptors (Lipinski definition) is 1. The van der Waals surface area contributed by atoms with Crippen LogP contribution in [0.5, 0.6) is 0 Å². The Morgan fingerprint density at radius 1 is 0.941 bits per heavy atom. The van der Waals surface area contributed by atoms with Gasteiger partial charge < -0.3 is 5.73 Å². The molecule has 1 atom stereocenters. The highest BCUT2D eigenvalue weighted by Gasteiger charge is 2.53. The third kappa shape index (κ3) is 1.47. The second kappa shape index (κ2) is 3.50. The van der Waals surface area contributed by atoms with Gasteiger partial charge in [-0.3, -0.25) is 0 Å². The normalized spacial score (nSPS) is 52.2. The molecule has 0 aromatic rings. The molecule has 5 rings (SSSR count). The molecule has 0 aliphatic heterocycles. The zero-order valence-electron chi connectivity index (χ0n) is 11.2. The smallest absolute Gasteiger partial charge is 0.0183 e. The van der Waals surface area contributed by atoms with E-state index in [4.69, 9.17) is 5.73 Å². The average molecular weight is 233 g/mol. The highest BCUT2D eigenvalue weighted by atomic mass is 14.8. The van der Waals surface area contributed by atoms with Crippen LogP contribution in [0, 0.1) is 35.5 Å². The molecular formula is C16H27N. The first-order valence-corrected chi connectivity index (χ1v) is 7.94. The summed E-state index contributed by atoms with van der Waals surface area (Å²) in [7, 11) is 0. The molecule has 0 spiro atoms. The van der Waals surface area contributed by atoms with Crippen LogP contribution in [0.3, 0.4) is 0 Å². The molecule has 5 aliphatic carbocycles. The fourth-order valence-electron chi connectivity index (χ4n) is 6.21. The van der Waals surface area contributed by atoms with Crippen molar-refractivity contribution >= 4 is 0 Å². The van der Waals surface area contributed by atoms with Gasteiger partial charge in [-0.15, -0.1) is 0 Å². The standard InChI is InChI=1S/C16H27N/c1-10(16(17)3-2-4-16)15-13-6-11-5-12(8-13)9-14(15)7-11/h10-15H,2-9,17H2,1H3. The summed E-state index contributed by atoms with van der Waals surface area (Å²) in [5.74, 6) is 6.12. The first kappa shape index (κ1) is 10.8. The highest BCUT2D eigenvalue weighted by molar-refractivity contribution is 5.06. The van der Waals surface area contributed by atoms with E-state index in [9.17, 15) is 0 Å². The number of rotatable bonds is 2. The highest BCUT2D eigenvalue weighted by Crippen LogP contribution is 2.60. The Bertz CT molecular complexity index is 289. The van der Waals surface area contributed by atoms with Crippen LogP contribution < -0.4 is 5.73 Å². The molecule has 0 saturated heterocycles. The predicted molar refractivity (Wildman–Crippen MR) is 70.5 cm³/mol. The first-order valence-electron chi connectivity index (χ1n) is 7.94. The molecule has 2 N–H and O–H groups in total. The Morgan fingerprint density at radius 3 is 1.88 bits per heavy atom. The van der Waals surface area contributed by atoms with E-state index < -0.39 is 0 Å². The quantitative estimate of drug-likeness (QED) is 0.775. The van der Waals surface area contributed by atoms with Crippen LogP contribution in [-0.2, 0) is 0 Å². The Balaban J connectivity index is 1.58. The molecule has 0 aromatic heterocycles. The maximum Gasteiger partial charge on any atom is 0.0183 e. The number of hydrogen-bond donors (Lipinski definition) is 1. The van der Waals surface area contributed by atoms with Gasteiger partial charge >= 0.3 is 0 Å². The fraction of sp³-hybridized carbons (Fsp3) is 1.00. The van der Waals surface area contributed by atoms with Crippen molar-refractivity contribution < 1.29 is 0 Å². The van der Waals surface area contributed by atoms with Crippen molar-refractivity contribution in [1.29, 1.82) is 0 Å². The van der Waals surface area contributed by atoms with Crippen LogP contribution in [-0.4, -0.2) is 5.54 Å². The SMILES string of the molecule is CC(C1C2CC3CC(C2)CC1C3)C1(N)CCC1. The molecule has 0 heterocycles. The van der Waals surface area contributed by atoms with Gasteiger partial charge in [-0.05, 0) is 86.9 Å². The second-order valence-electron chi connectivity index (χ2n) is 7.88. The van der Waals surface area contributed by atoms with Gasteiger partial charge in [-0.1, -0.05) is 6.92 Å². The van der Waals surface area contributed by atoms with Crippen molar-refractivity contribution in [3.8, 4) is 0 Å². The van der Waals surface area contributed by atoms with Crippen LogP contribution in [0.15, 0.2) is 0 Å². The molecule has 5 saturated carbocycles. The van der Waals surface area contributed by atoms with E-state index in [1.807, 2.05) is 0 Å². The summed E-state index contributed by atoms with van der Waals surface area (Å²) in [6, 6.07) is 0. The minimum absolute atomic E-state index is 0.236. The Kier molecular flexibility index (Phi) is 2.23. The van der Waals surface area contributed by atoms with Crippen molar-refractivity contribution in [1.82, 2.24) is 0 Å². The molecule has 17 heavy (non-hydrogen) atoms. The van der Waals surface area contributed by atoms with E-state index in [-0.39, 0.29) is 5.54 Å². The lowest BCUT2D eigenvalue weighted by Gasteiger charge is -2.59. The van der Waals surface area contributed by atoms with E-state index in [1.165, 1.54) is 19.3 Å². The molecule has 4 bridgehead atoms. The van der Waals surface area contributed by atoms with Gasteiger partial charge in [0.05, 0.1) is 0 Å². The lowest BCUT2D eigenvalue weighted by atomic mass is 9.47. The van der Waals surface area contributed by atoms with Gasteiger partial charge in [0.15, 0.2) is 0 Å². The third-order valence-electron chi connectivity index (χ3n) is 7.07. The summed E-state index contributed by atoms with van der Waals surface area (Å²) in [5.41, 5.74) is 6.86. The van der Waals surface area contributed by atoms with Gasteiger partial charge in [0.1, 0.15) is 0 Å². The molecule has 1 heteroatoms. The minimum Gasteiger partial charge on any atom is -0.325 e. The zero-order chi connectivity index (χ0) is 11.6. The first-order chi connectivity index (χ1) is 8.16. The van der Waals surface area contributed by atoms with E-state index in [0.29, 0.717) is 0 Å². The van der Waals surface area contributed by atoms with Crippen LogP contribution in [0.2, 0.25) is 0 Å². The van der Waals surface area contributed by atoms with E-state index in [2.05, 4.69) is 6.92 Å². The molecular weight excluding hydrogens is 206 g/mol. The van der Waals surface area contributed by atoms with E-state index >= 15 is 0 Å². The second-order valence-corrected chi connectivity index (χ2v) is 7.88. The summed E-state index contributed by atoms with van der Waals surface area (Å²) in [6.45, 7) is 2.49. The number of nitrogens with two attached hydrogens (primary N) is 1. The van der Waals surface area contributed by atoms with Gasteiger partial charge in [-0.2, -0.15) is 0 Å². The van der Waals surface area contributed by atoms with E-state index in [1.54, 1.807) is 32.1 Å². The Labute approximate surface area is 106 Å². The van der Waals surface area contributed by atoms with Gasteiger partial charge in [0, 0.05) is 5.54 Å². The summed E-state index contributed by atoms with van der Waals surface area (Å²) in [6.07, 6.45) is 11.8. The van der Waals surface area contributed by atoms with Crippen LogP contribution in [0.1, 0.15) is 58.3 Å². The Hall–Kier alpha value is -0.0400. The van der Waals surface area contributed by atoms with Gasteiger partial charge in [-0.25, -0.2) is 0 Å². The van der Waals surface area contributed by atoms with Crippen molar-refractivity contribution in [2.75, 3.05) is 0 Å².